The largest absolute Gasteiger partial charge is 0.465 e. The van der Waals surface area contributed by atoms with Gasteiger partial charge in [0.25, 0.3) is 0 Å². The average molecular weight is 637 g/mol. The smallest absolute Gasteiger partial charge is 0.335 e. The van der Waals surface area contributed by atoms with Crippen molar-refractivity contribution in [3.63, 3.8) is 0 Å². The highest BCUT2D eigenvalue weighted by Crippen LogP contribution is 2.48. The molecule has 0 saturated heterocycles. The highest BCUT2D eigenvalue weighted by Gasteiger charge is 2.36. The van der Waals surface area contributed by atoms with E-state index in [1.807, 2.05) is 13.8 Å². The monoisotopic (exact) mass is 636 g/mol. The summed E-state index contributed by atoms with van der Waals surface area (Å²) in [5, 5.41) is 9.15. The average Bonchev–Trinajstić information content (AvgIpc) is 3.09. The van der Waals surface area contributed by atoms with Crippen LogP contribution in [0.5, 0.6) is 0 Å². The van der Waals surface area contributed by atoms with Crippen molar-refractivity contribution in [1.29, 1.82) is 0 Å². The third-order valence-electron chi connectivity index (χ3n) is 12.0. The first-order valence-corrected chi connectivity index (χ1v) is 19.0. The molecule has 5 heteroatoms. The van der Waals surface area contributed by atoms with Gasteiger partial charge < -0.3 is 14.6 Å². The van der Waals surface area contributed by atoms with Gasteiger partial charge in [-0.3, -0.25) is 4.79 Å². The van der Waals surface area contributed by atoms with Gasteiger partial charge in [-0.15, -0.1) is 0 Å². The molecular formula is C41H64O5. The predicted molar refractivity (Wildman–Crippen MR) is 186 cm³/mol. The van der Waals surface area contributed by atoms with Crippen molar-refractivity contribution in [2.45, 2.75) is 136 Å². The van der Waals surface area contributed by atoms with E-state index in [2.05, 4.69) is 37.8 Å². The number of carbonyl (C=O) groups is 2. The molecular weight excluding hydrogens is 572 g/mol. The Balaban J connectivity index is 1.18. The number of benzene rings is 1. The fraction of sp³-hybridized carbons (Fsp3) is 0.756. The number of aliphatic hydroxyl groups is 1. The highest BCUT2D eigenvalue weighted by molar-refractivity contribution is 5.87. The Hall–Kier alpha value is -2.14. The van der Waals surface area contributed by atoms with Crippen LogP contribution in [-0.4, -0.2) is 36.9 Å². The van der Waals surface area contributed by atoms with E-state index in [1.54, 1.807) is 5.56 Å². The molecule has 1 N–H and O–H groups in total. The second-order valence-corrected chi connectivity index (χ2v) is 15.4. The van der Waals surface area contributed by atoms with Gasteiger partial charge in [0.05, 0.1) is 31.3 Å². The van der Waals surface area contributed by atoms with Gasteiger partial charge in [-0.2, -0.15) is 0 Å². The van der Waals surface area contributed by atoms with Crippen LogP contribution in [0.25, 0.3) is 0 Å². The minimum absolute atomic E-state index is 0.0735. The van der Waals surface area contributed by atoms with E-state index in [0.717, 1.165) is 42.4 Å². The van der Waals surface area contributed by atoms with Crippen LogP contribution in [0.2, 0.25) is 0 Å². The second-order valence-electron chi connectivity index (χ2n) is 15.4. The lowest BCUT2D eigenvalue weighted by molar-refractivity contribution is -0.150. The Morgan fingerprint density at radius 1 is 0.804 bits per heavy atom. The van der Waals surface area contributed by atoms with Crippen molar-refractivity contribution in [3.05, 3.63) is 47.5 Å². The van der Waals surface area contributed by atoms with Crippen LogP contribution in [0.1, 0.15) is 141 Å². The maximum Gasteiger partial charge on any atom is 0.335 e. The van der Waals surface area contributed by atoms with Gasteiger partial charge in [-0.05, 0) is 149 Å². The molecule has 0 heterocycles. The highest BCUT2D eigenvalue weighted by atomic mass is 16.5. The minimum atomic E-state index is -0.546. The van der Waals surface area contributed by atoms with Gasteiger partial charge in [0.1, 0.15) is 0 Å². The first-order chi connectivity index (χ1) is 22.3. The number of hydrogen-bond donors (Lipinski definition) is 1. The summed E-state index contributed by atoms with van der Waals surface area (Å²) in [5.74, 6) is 4.12. The van der Waals surface area contributed by atoms with Crippen LogP contribution in [0, 0.1) is 41.4 Å². The molecule has 5 nitrogen and oxygen atoms in total. The molecule has 1 unspecified atom stereocenters. The molecule has 3 saturated carbocycles. The lowest BCUT2D eigenvalue weighted by atomic mass is 9.64. The number of rotatable bonds is 16. The number of ether oxygens (including phenoxy) is 2. The number of unbranched alkanes of at least 4 members (excludes halogenated alkanes) is 2. The summed E-state index contributed by atoms with van der Waals surface area (Å²) in [5.41, 5.74) is 3.16. The molecule has 0 amide bonds. The lowest BCUT2D eigenvalue weighted by Crippen LogP contribution is -2.32. The summed E-state index contributed by atoms with van der Waals surface area (Å²) < 4.78 is 11.0. The molecule has 0 aromatic heterocycles. The lowest BCUT2D eigenvalue weighted by Gasteiger charge is -2.42. The number of hydrogen-bond acceptors (Lipinski definition) is 5. The van der Waals surface area contributed by atoms with Crippen LogP contribution in [0.3, 0.4) is 0 Å². The fourth-order valence-electron chi connectivity index (χ4n) is 8.92. The van der Waals surface area contributed by atoms with Gasteiger partial charge >= 0.3 is 11.9 Å². The van der Waals surface area contributed by atoms with Crippen LogP contribution in [0.4, 0.5) is 0 Å². The standard InChI is InChI=1S/C41H64O5/c1-5-6-7-8-31-9-11-32(12-10-31)33-13-15-34(16-14-33)35-17-19-36(20-18-35)37-21-23-38(24-22-37)39(28-46-40(43)29(2)3)25-26-45-41(44)30(4)27-42/h9-12,29,33-39,42H,4-8,13-28H2,1-3H3. The summed E-state index contributed by atoms with van der Waals surface area (Å²) in [7, 11) is 0. The molecule has 3 fully saturated rings. The predicted octanol–water partition coefficient (Wildman–Crippen LogP) is 9.60. The Morgan fingerprint density at radius 2 is 1.35 bits per heavy atom. The van der Waals surface area contributed by atoms with Gasteiger partial charge in [0.2, 0.25) is 0 Å². The van der Waals surface area contributed by atoms with Gasteiger partial charge in [0.15, 0.2) is 0 Å². The van der Waals surface area contributed by atoms with E-state index in [1.165, 1.54) is 95.5 Å². The topological polar surface area (TPSA) is 72.8 Å². The van der Waals surface area contributed by atoms with Crippen molar-refractivity contribution in [2.75, 3.05) is 19.8 Å². The number of aliphatic hydroxyl groups excluding tert-OH is 1. The van der Waals surface area contributed by atoms with Crippen molar-refractivity contribution in [1.82, 2.24) is 0 Å². The number of esters is 2. The van der Waals surface area contributed by atoms with E-state index < -0.39 is 12.6 Å². The van der Waals surface area contributed by atoms with E-state index >= 15 is 0 Å². The Morgan fingerprint density at radius 3 is 1.87 bits per heavy atom. The van der Waals surface area contributed by atoms with E-state index in [0.29, 0.717) is 18.9 Å². The molecule has 0 aliphatic heterocycles. The number of aryl methyl sites for hydroxylation is 1. The third kappa shape index (κ3) is 11.0. The maximum absolute atomic E-state index is 12.2. The molecule has 46 heavy (non-hydrogen) atoms. The Bertz CT molecular complexity index is 1050. The maximum atomic E-state index is 12.2. The van der Waals surface area contributed by atoms with Gasteiger partial charge in [-0.25, -0.2) is 4.79 Å². The molecule has 3 aliphatic rings. The van der Waals surface area contributed by atoms with Crippen LogP contribution in [0.15, 0.2) is 36.4 Å². The molecule has 0 bridgehead atoms. The van der Waals surface area contributed by atoms with E-state index in [-0.39, 0.29) is 30.0 Å². The molecule has 4 rings (SSSR count). The van der Waals surface area contributed by atoms with Crippen molar-refractivity contribution in [2.24, 2.45) is 41.4 Å². The van der Waals surface area contributed by atoms with E-state index in [9.17, 15) is 9.59 Å². The Labute approximate surface area is 280 Å². The molecule has 3 aliphatic carbocycles. The zero-order chi connectivity index (χ0) is 32.9. The zero-order valence-electron chi connectivity index (χ0n) is 29.4. The third-order valence-corrected chi connectivity index (χ3v) is 12.0. The summed E-state index contributed by atoms with van der Waals surface area (Å²) in [6.07, 6.45) is 21.9. The molecule has 1 aromatic carbocycles. The summed E-state index contributed by atoms with van der Waals surface area (Å²) in [6, 6.07) is 9.64. The normalized spacial score (nSPS) is 27.6. The molecule has 0 radical (unpaired) electrons. The molecule has 0 spiro atoms. The van der Waals surface area contributed by atoms with Crippen LogP contribution >= 0.6 is 0 Å². The second kappa shape index (κ2) is 19.0. The van der Waals surface area contributed by atoms with Crippen LogP contribution in [-0.2, 0) is 25.5 Å². The van der Waals surface area contributed by atoms with Gasteiger partial charge in [-0.1, -0.05) is 64.5 Å². The molecule has 1 atom stereocenters. The molecule has 1 aromatic rings. The SMILES string of the molecule is C=C(CO)C(=O)OCCC(COC(=O)C(C)C)C1CCC(C2CCC(C3CCC(c4ccc(CCCCC)cc4)CC3)CC2)CC1. The first kappa shape index (κ1) is 36.7. The molecule has 258 valence electrons. The summed E-state index contributed by atoms with van der Waals surface area (Å²) in [4.78, 5) is 24.2. The summed E-state index contributed by atoms with van der Waals surface area (Å²) in [6.45, 7) is 9.81. The zero-order valence-corrected chi connectivity index (χ0v) is 29.4. The van der Waals surface area contributed by atoms with Crippen molar-refractivity contribution < 1.29 is 24.2 Å². The Kier molecular flexibility index (Phi) is 15.2. The van der Waals surface area contributed by atoms with Crippen molar-refractivity contribution in [3.8, 4) is 0 Å². The van der Waals surface area contributed by atoms with Gasteiger partial charge in [0, 0.05) is 0 Å². The van der Waals surface area contributed by atoms with E-state index in [4.69, 9.17) is 14.6 Å². The minimum Gasteiger partial charge on any atom is -0.465 e. The summed E-state index contributed by atoms with van der Waals surface area (Å²) >= 11 is 0. The first-order valence-electron chi connectivity index (χ1n) is 19.0. The van der Waals surface area contributed by atoms with Crippen molar-refractivity contribution >= 4 is 11.9 Å². The fourth-order valence-corrected chi connectivity index (χ4v) is 8.92. The quantitative estimate of drug-likeness (QED) is 0.111. The number of carbonyl (C=O) groups excluding carboxylic acids is 2. The van der Waals surface area contributed by atoms with Crippen LogP contribution < -0.4 is 0 Å².